The molecule has 0 fully saturated rings. The number of aromatic nitrogens is 2. The monoisotopic (exact) mass is 233 g/mol. The van der Waals surface area contributed by atoms with E-state index in [1.165, 1.54) is 11.1 Å². The summed E-state index contributed by atoms with van der Waals surface area (Å²) >= 11 is 0. The molecule has 4 nitrogen and oxygen atoms in total. The Hall–Kier alpha value is -1.39. The van der Waals surface area contributed by atoms with Gasteiger partial charge in [0.1, 0.15) is 0 Å². The van der Waals surface area contributed by atoms with Crippen LogP contribution in [-0.2, 0) is 4.74 Å². The first-order valence-electron chi connectivity index (χ1n) is 5.80. The second-order valence-electron chi connectivity index (χ2n) is 4.42. The molecule has 2 N–H and O–H groups in total. The highest BCUT2D eigenvalue weighted by molar-refractivity contribution is 5.77. The fourth-order valence-corrected chi connectivity index (χ4v) is 2.03. The molecule has 1 aromatic heterocycles. The van der Waals surface area contributed by atoms with E-state index in [4.69, 9.17) is 10.5 Å². The molecule has 4 heteroatoms. The minimum atomic E-state index is 0.145. The molecule has 2 aromatic rings. The molecule has 92 valence electrons. The average molecular weight is 233 g/mol. The molecular weight excluding hydrogens is 214 g/mol. The van der Waals surface area contributed by atoms with Crippen molar-refractivity contribution >= 4 is 11.0 Å². The van der Waals surface area contributed by atoms with Gasteiger partial charge in [-0.2, -0.15) is 0 Å². The average Bonchev–Trinajstić information content (AvgIpc) is 2.70. The van der Waals surface area contributed by atoms with Crippen LogP contribution < -0.4 is 5.73 Å². The fraction of sp³-hybridized carbons (Fsp3) is 0.462. The number of hydrogen-bond donors (Lipinski definition) is 1. The van der Waals surface area contributed by atoms with Crippen molar-refractivity contribution in [3.8, 4) is 0 Å². The van der Waals surface area contributed by atoms with E-state index in [0.29, 0.717) is 13.2 Å². The first-order chi connectivity index (χ1) is 8.17. The van der Waals surface area contributed by atoms with Crippen LogP contribution >= 0.6 is 0 Å². The summed E-state index contributed by atoms with van der Waals surface area (Å²) in [4.78, 5) is 4.42. The summed E-state index contributed by atoms with van der Waals surface area (Å²) in [6.45, 7) is 5.37. The van der Waals surface area contributed by atoms with Gasteiger partial charge < -0.3 is 15.0 Å². The summed E-state index contributed by atoms with van der Waals surface area (Å²) in [5.74, 6) is 0. The zero-order valence-electron chi connectivity index (χ0n) is 10.6. The number of methoxy groups -OCH3 is 1. The lowest BCUT2D eigenvalue weighted by atomic mass is 10.1. The number of imidazole rings is 1. The molecule has 1 aromatic carbocycles. The molecule has 0 aliphatic carbocycles. The van der Waals surface area contributed by atoms with Gasteiger partial charge in [0.15, 0.2) is 0 Å². The molecule has 0 saturated heterocycles. The van der Waals surface area contributed by atoms with Gasteiger partial charge >= 0.3 is 0 Å². The fourth-order valence-electron chi connectivity index (χ4n) is 2.03. The van der Waals surface area contributed by atoms with Gasteiger partial charge in [-0.25, -0.2) is 4.98 Å². The van der Waals surface area contributed by atoms with E-state index in [9.17, 15) is 0 Å². The molecule has 0 aliphatic heterocycles. The number of rotatable bonds is 4. The highest BCUT2D eigenvalue weighted by Gasteiger charge is 2.13. The second-order valence-corrected chi connectivity index (χ2v) is 4.42. The van der Waals surface area contributed by atoms with Crippen LogP contribution in [0.25, 0.3) is 11.0 Å². The largest absolute Gasteiger partial charge is 0.382 e. The highest BCUT2D eigenvalue weighted by Crippen LogP contribution is 2.21. The molecule has 0 amide bonds. The van der Waals surface area contributed by atoms with Crippen molar-refractivity contribution in [2.45, 2.75) is 19.9 Å². The number of aryl methyl sites for hydroxylation is 2. The minimum absolute atomic E-state index is 0.145. The summed E-state index contributed by atoms with van der Waals surface area (Å²) in [7, 11) is 1.69. The molecule has 0 spiro atoms. The number of fused-ring (bicyclic) bond motifs is 1. The molecule has 1 unspecified atom stereocenters. The van der Waals surface area contributed by atoms with Crippen LogP contribution in [0.3, 0.4) is 0 Å². The zero-order valence-corrected chi connectivity index (χ0v) is 10.6. The third-order valence-corrected chi connectivity index (χ3v) is 3.21. The number of hydrogen-bond acceptors (Lipinski definition) is 3. The number of benzene rings is 1. The molecular formula is C13H19N3O. The van der Waals surface area contributed by atoms with Crippen LogP contribution in [0.15, 0.2) is 18.5 Å². The van der Waals surface area contributed by atoms with Gasteiger partial charge in [0, 0.05) is 13.7 Å². The van der Waals surface area contributed by atoms with Gasteiger partial charge in [0.2, 0.25) is 0 Å². The van der Waals surface area contributed by atoms with Crippen molar-refractivity contribution in [1.29, 1.82) is 0 Å². The van der Waals surface area contributed by atoms with Crippen molar-refractivity contribution in [3.05, 3.63) is 29.6 Å². The Morgan fingerprint density at radius 2 is 2.06 bits per heavy atom. The van der Waals surface area contributed by atoms with E-state index in [1.54, 1.807) is 7.11 Å². The standard InChI is InChI=1S/C13H19N3O/c1-9-4-12-13(5-10(9)2)16(8-15-12)11(6-14)7-17-3/h4-5,8,11H,6-7,14H2,1-3H3. The van der Waals surface area contributed by atoms with E-state index in [1.807, 2.05) is 6.33 Å². The predicted octanol–water partition coefficient (Wildman–Crippen LogP) is 1.80. The Labute approximate surface area is 101 Å². The van der Waals surface area contributed by atoms with Crippen LogP contribution in [0, 0.1) is 13.8 Å². The predicted molar refractivity (Wildman–Crippen MR) is 69.2 cm³/mol. The smallest absolute Gasteiger partial charge is 0.0962 e. The van der Waals surface area contributed by atoms with Crippen molar-refractivity contribution in [2.75, 3.05) is 20.3 Å². The van der Waals surface area contributed by atoms with E-state index in [-0.39, 0.29) is 6.04 Å². The molecule has 0 radical (unpaired) electrons. The van der Waals surface area contributed by atoms with Crippen LogP contribution in [-0.4, -0.2) is 29.8 Å². The summed E-state index contributed by atoms with van der Waals surface area (Å²) in [6, 6.07) is 4.42. The van der Waals surface area contributed by atoms with Crippen molar-refractivity contribution < 1.29 is 4.74 Å². The highest BCUT2D eigenvalue weighted by atomic mass is 16.5. The maximum absolute atomic E-state index is 5.78. The van der Waals surface area contributed by atoms with Crippen molar-refractivity contribution in [3.63, 3.8) is 0 Å². The summed E-state index contributed by atoms with van der Waals surface area (Å²) in [6.07, 6.45) is 1.85. The van der Waals surface area contributed by atoms with Crippen LogP contribution in [0.5, 0.6) is 0 Å². The van der Waals surface area contributed by atoms with Crippen LogP contribution in [0.1, 0.15) is 17.2 Å². The van der Waals surface area contributed by atoms with Gasteiger partial charge in [-0.15, -0.1) is 0 Å². The van der Waals surface area contributed by atoms with E-state index in [0.717, 1.165) is 11.0 Å². The third-order valence-electron chi connectivity index (χ3n) is 3.21. The van der Waals surface area contributed by atoms with E-state index >= 15 is 0 Å². The number of nitrogens with two attached hydrogens (primary N) is 1. The lowest BCUT2D eigenvalue weighted by Gasteiger charge is -2.16. The first-order valence-corrected chi connectivity index (χ1v) is 5.80. The summed E-state index contributed by atoms with van der Waals surface area (Å²) in [5, 5.41) is 0. The SMILES string of the molecule is COCC(CN)n1cnc2cc(C)c(C)cc21. The molecule has 1 heterocycles. The maximum Gasteiger partial charge on any atom is 0.0962 e. The van der Waals surface area contributed by atoms with Crippen molar-refractivity contribution in [2.24, 2.45) is 5.73 Å². The number of ether oxygens (including phenoxy) is 1. The molecule has 1 atom stereocenters. The normalized spacial score (nSPS) is 13.2. The molecule has 0 saturated carbocycles. The van der Waals surface area contributed by atoms with Crippen LogP contribution in [0.2, 0.25) is 0 Å². The lowest BCUT2D eigenvalue weighted by Crippen LogP contribution is -2.22. The van der Waals surface area contributed by atoms with Crippen LogP contribution in [0.4, 0.5) is 0 Å². The Kier molecular flexibility index (Phi) is 3.45. The Balaban J connectivity index is 2.51. The molecule has 0 bridgehead atoms. The Morgan fingerprint density at radius 1 is 1.35 bits per heavy atom. The zero-order chi connectivity index (χ0) is 12.4. The van der Waals surface area contributed by atoms with E-state index in [2.05, 4.69) is 35.5 Å². The first kappa shape index (κ1) is 12.1. The van der Waals surface area contributed by atoms with E-state index < -0.39 is 0 Å². The van der Waals surface area contributed by atoms with Gasteiger partial charge in [-0.3, -0.25) is 0 Å². The molecule has 0 aliphatic rings. The number of nitrogens with zero attached hydrogens (tertiary/aromatic N) is 2. The van der Waals surface area contributed by atoms with Gasteiger partial charge in [0.25, 0.3) is 0 Å². The Morgan fingerprint density at radius 3 is 2.71 bits per heavy atom. The quantitative estimate of drug-likeness (QED) is 0.876. The van der Waals surface area contributed by atoms with Gasteiger partial charge in [0.05, 0.1) is 30.0 Å². The summed E-state index contributed by atoms with van der Waals surface area (Å²) in [5.41, 5.74) is 10.5. The van der Waals surface area contributed by atoms with Crippen molar-refractivity contribution in [1.82, 2.24) is 9.55 Å². The molecule has 17 heavy (non-hydrogen) atoms. The third kappa shape index (κ3) is 2.18. The minimum Gasteiger partial charge on any atom is -0.382 e. The van der Waals surface area contributed by atoms with Gasteiger partial charge in [-0.05, 0) is 37.1 Å². The lowest BCUT2D eigenvalue weighted by molar-refractivity contribution is 0.159. The second kappa shape index (κ2) is 4.85. The molecule has 2 rings (SSSR count). The summed E-state index contributed by atoms with van der Waals surface area (Å²) < 4.78 is 7.30. The maximum atomic E-state index is 5.78. The topological polar surface area (TPSA) is 53.1 Å². The van der Waals surface area contributed by atoms with Gasteiger partial charge in [-0.1, -0.05) is 0 Å². The Bertz CT molecular complexity index is 519.